The van der Waals surface area contributed by atoms with E-state index in [1.54, 1.807) is 18.2 Å². The fourth-order valence-electron chi connectivity index (χ4n) is 1.29. The maximum atomic E-state index is 12.9. The molecule has 0 saturated carbocycles. The van der Waals surface area contributed by atoms with Crippen LogP contribution in [-0.2, 0) is 0 Å². The van der Waals surface area contributed by atoms with Gasteiger partial charge < -0.3 is 0 Å². The lowest BCUT2D eigenvalue weighted by Gasteiger charge is -2.06. The molecule has 0 atom stereocenters. The number of hydrogen-bond acceptors (Lipinski definition) is 1. The molecule has 5 heteroatoms. The third kappa shape index (κ3) is 2.47. The van der Waals surface area contributed by atoms with Crippen LogP contribution in [0, 0.1) is 9.39 Å². The molecule has 0 unspecified atom stereocenters. The second-order valence-corrected chi connectivity index (χ2v) is 5.11. The van der Waals surface area contributed by atoms with Crippen LogP contribution in [0.4, 0.5) is 4.39 Å². The van der Waals surface area contributed by atoms with Gasteiger partial charge in [0, 0.05) is 14.2 Å². The number of benzene rings is 1. The highest BCUT2D eigenvalue weighted by Gasteiger charge is 2.10. The molecule has 1 aromatic heterocycles. The third-order valence-corrected chi connectivity index (χ3v) is 3.36. The average Bonchev–Trinajstić information content (AvgIpc) is 2.19. The van der Waals surface area contributed by atoms with E-state index in [1.165, 1.54) is 12.3 Å². The van der Waals surface area contributed by atoms with Crippen molar-refractivity contribution in [2.75, 3.05) is 0 Å². The van der Waals surface area contributed by atoms with Gasteiger partial charge >= 0.3 is 0 Å². The molecule has 0 aliphatic rings. The second kappa shape index (κ2) is 4.85. The van der Waals surface area contributed by atoms with Gasteiger partial charge in [0.15, 0.2) is 0 Å². The molecule has 0 spiro atoms. The number of hydrogen-bond donors (Lipinski definition) is 0. The van der Waals surface area contributed by atoms with Crippen molar-refractivity contribution in [1.82, 2.24) is 4.98 Å². The van der Waals surface area contributed by atoms with Crippen LogP contribution in [0.1, 0.15) is 0 Å². The number of aromatic nitrogens is 1. The van der Waals surface area contributed by atoms with Crippen molar-refractivity contribution in [1.29, 1.82) is 0 Å². The molecule has 0 saturated heterocycles. The standard InChI is InChI=1S/C11H5Cl2FIN/c12-6-1-2-8(9(13)3-6)11-10(15)4-7(14)5-16-11/h1-5H. The Bertz CT molecular complexity index is 496. The molecule has 0 N–H and O–H groups in total. The first kappa shape index (κ1) is 12.1. The van der Waals surface area contributed by atoms with Crippen LogP contribution in [0.5, 0.6) is 0 Å². The molecule has 0 amide bonds. The summed E-state index contributed by atoms with van der Waals surface area (Å²) in [5, 5.41) is 1.07. The average molecular weight is 368 g/mol. The predicted molar refractivity (Wildman–Crippen MR) is 72.4 cm³/mol. The third-order valence-electron chi connectivity index (χ3n) is 1.99. The molecular weight excluding hydrogens is 363 g/mol. The van der Waals surface area contributed by atoms with Crippen molar-refractivity contribution < 1.29 is 4.39 Å². The molecular formula is C11H5Cl2FIN. The van der Waals surface area contributed by atoms with Gasteiger partial charge in [0.1, 0.15) is 5.82 Å². The molecule has 1 aromatic carbocycles. The van der Waals surface area contributed by atoms with E-state index in [-0.39, 0.29) is 5.82 Å². The molecule has 0 bridgehead atoms. The van der Waals surface area contributed by atoms with Crippen molar-refractivity contribution in [3.8, 4) is 11.3 Å². The summed E-state index contributed by atoms with van der Waals surface area (Å²) in [4.78, 5) is 4.03. The summed E-state index contributed by atoms with van der Waals surface area (Å²) in [6.45, 7) is 0. The minimum atomic E-state index is -0.363. The normalized spacial score (nSPS) is 10.5. The van der Waals surface area contributed by atoms with E-state index in [1.807, 2.05) is 22.6 Å². The zero-order valence-corrected chi connectivity index (χ0v) is 11.5. The van der Waals surface area contributed by atoms with Gasteiger partial charge in [-0.3, -0.25) is 4.98 Å². The largest absolute Gasteiger partial charge is 0.252 e. The quantitative estimate of drug-likeness (QED) is 0.660. The lowest BCUT2D eigenvalue weighted by atomic mass is 10.1. The van der Waals surface area contributed by atoms with Crippen molar-refractivity contribution in [3.05, 3.63) is 49.9 Å². The van der Waals surface area contributed by atoms with Gasteiger partial charge in [-0.05, 0) is 46.9 Å². The van der Waals surface area contributed by atoms with Gasteiger partial charge in [0.05, 0.1) is 16.9 Å². The highest BCUT2D eigenvalue weighted by molar-refractivity contribution is 14.1. The molecule has 0 aliphatic heterocycles. The summed E-state index contributed by atoms with van der Waals surface area (Å²) in [6, 6.07) is 6.55. The Hall–Kier alpha value is -0.390. The number of rotatable bonds is 1. The van der Waals surface area contributed by atoms with Crippen LogP contribution in [0.25, 0.3) is 11.3 Å². The van der Waals surface area contributed by atoms with Crippen molar-refractivity contribution in [2.45, 2.75) is 0 Å². The summed E-state index contributed by atoms with van der Waals surface area (Å²) in [7, 11) is 0. The molecule has 2 aromatic rings. The van der Waals surface area contributed by atoms with Gasteiger partial charge in [-0.1, -0.05) is 23.2 Å². The van der Waals surface area contributed by atoms with E-state index in [9.17, 15) is 4.39 Å². The first-order valence-corrected chi connectivity index (χ1v) is 6.18. The van der Waals surface area contributed by atoms with E-state index < -0.39 is 0 Å². The second-order valence-electron chi connectivity index (χ2n) is 3.11. The highest BCUT2D eigenvalue weighted by atomic mass is 127. The molecule has 1 heterocycles. The number of halogens is 4. The van der Waals surface area contributed by atoms with Gasteiger partial charge in [0.2, 0.25) is 0 Å². The fraction of sp³-hybridized carbons (Fsp3) is 0. The lowest BCUT2D eigenvalue weighted by molar-refractivity contribution is 0.620. The van der Waals surface area contributed by atoms with Crippen molar-refractivity contribution >= 4 is 45.8 Å². The first-order valence-electron chi connectivity index (χ1n) is 4.34. The van der Waals surface area contributed by atoms with Crippen LogP contribution in [0.2, 0.25) is 10.0 Å². The Morgan fingerprint density at radius 2 is 1.94 bits per heavy atom. The van der Waals surface area contributed by atoms with Crippen LogP contribution in [0.3, 0.4) is 0 Å². The molecule has 16 heavy (non-hydrogen) atoms. The molecule has 1 nitrogen and oxygen atoms in total. The summed E-state index contributed by atoms with van der Waals surface area (Å²) >= 11 is 13.9. The summed E-state index contributed by atoms with van der Waals surface area (Å²) in [6.07, 6.45) is 1.17. The summed E-state index contributed by atoms with van der Waals surface area (Å²) in [5.74, 6) is -0.363. The minimum absolute atomic E-state index is 0.363. The molecule has 0 radical (unpaired) electrons. The Labute approximate surface area is 116 Å². The molecule has 82 valence electrons. The zero-order chi connectivity index (χ0) is 11.7. The van der Waals surface area contributed by atoms with E-state index in [2.05, 4.69) is 4.98 Å². The van der Waals surface area contributed by atoms with Gasteiger partial charge in [-0.15, -0.1) is 0 Å². The molecule has 0 aliphatic carbocycles. The maximum absolute atomic E-state index is 12.9. The van der Waals surface area contributed by atoms with E-state index in [4.69, 9.17) is 23.2 Å². The molecule has 0 fully saturated rings. The monoisotopic (exact) mass is 367 g/mol. The fourth-order valence-corrected chi connectivity index (χ4v) is 2.52. The van der Waals surface area contributed by atoms with Gasteiger partial charge in [0.25, 0.3) is 0 Å². The smallest absolute Gasteiger partial charge is 0.142 e. The molecule has 2 rings (SSSR count). The predicted octanol–water partition coefficient (Wildman–Crippen LogP) is 4.80. The van der Waals surface area contributed by atoms with Crippen LogP contribution < -0.4 is 0 Å². The topological polar surface area (TPSA) is 12.9 Å². The number of pyridine rings is 1. The Morgan fingerprint density at radius 3 is 2.56 bits per heavy atom. The van der Waals surface area contributed by atoms with Gasteiger partial charge in [-0.25, -0.2) is 4.39 Å². The van der Waals surface area contributed by atoms with Crippen LogP contribution in [0.15, 0.2) is 30.5 Å². The first-order chi connectivity index (χ1) is 7.58. The van der Waals surface area contributed by atoms with Gasteiger partial charge in [-0.2, -0.15) is 0 Å². The summed E-state index contributed by atoms with van der Waals surface area (Å²) in [5.41, 5.74) is 1.40. The van der Waals surface area contributed by atoms with E-state index in [0.29, 0.717) is 19.3 Å². The van der Waals surface area contributed by atoms with Crippen LogP contribution >= 0.6 is 45.8 Å². The maximum Gasteiger partial charge on any atom is 0.142 e. The lowest BCUT2D eigenvalue weighted by Crippen LogP contribution is -1.90. The zero-order valence-electron chi connectivity index (χ0n) is 7.85. The summed E-state index contributed by atoms with van der Waals surface area (Å²) < 4.78 is 13.6. The Morgan fingerprint density at radius 1 is 1.19 bits per heavy atom. The number of nitrogens with zero attached hydrogens (tertiary/aromatic N) is 1. The SMILES string of the molecule is Fc1cnc(-c2ccc(Cl)cc2Cl)c(I)c1. The minimum Gasteiger partial charge on any atom is -0.252 e. The van der Waals surface area contributed by atoms with Crippen LogP contribution in [-0.4, -0.2) is 4.98 Å². The van der Waals surface area contributed by atoms with E-state index >= 15 is 0 Å². The van der Waals surface area contributed by atoms with Crippen molar-refractivity contribution in [2.24, 2.45) is 0 Å². The van der Waals surface area contributed by atoms with Crippen molar-refractivity contribution in [3.63, 3.8) is 0 Å². The van der Waals surface area contributed by atoms with E-state index in [0.717, 1.165) is 5.56 Å². The highest BCUT2D eigenvalue weighted by Crippen LogP contribution is 2.31. The Kier molecular flexibility index (Phi) is 3.66. The Balaban J connectivity index is 2.59.